The van der Waals surface area contributed by atoms with Crippen molar-refractivity contribution >= 4 is 27.7 Å². The SMILES string of the molecule is CC1(C)C(C(=O)Nc2cc(Br)ccn2)C1(C)C. The van der Waals surface area contributed by atoms with E-state index < -0.39 is 0 Å². The van der Waals surface area contributed by atoms with Crippen LogP contribution in [0.15, 0.2) is 22.8 Å². The maximum absolute atomic E-state index is 12.2. The van der Waals surface area contributed by atoms with Crippen molar-refractivity contribution in [2.45, 2.75) is 27.7 Å². The van der Waals surface area contributed by atoms with Crippen LogP contribution < -0.4 is 5.32 Å². The minimum atomic E-state index is 0.0516. The third-order valence-electron chi connectivity index (χ3n) is 4.26. The minimum Gasteiger partial charge on any atom is -0.310 e. The largest absolute Gasteiger partial charge is 0.310 e. The van der Waals surface area contributed by atoms with Gasteiger partial charge in [0.1, 0.15) is 5.82 Å². The van der Waals surface area contributed by atoms with Gasteiger partial charge in [0.2, 0.25) is 5.91 Å². The van der Waals surface area contributed by atoms with Crippen molar-refractivity contribution in [2.75, 3.05) is 5.32 Å². The predicted molar refractivity (Wildman–Crippen MR) is 71.6 cm³/mol. The summed E-state index contributed by atoms with van der Waals surface area (Å²) in [5.41, 5.74) is 0.117. The lowest BCUT2D eigenvalue weighted by molar-refractivity contribution is -0.118. The summed E-state index contributed by atoms with van der Waals surface area (Å²) in [5.74, 6) is 0.712. The van der Waals surface area contributed by atoms with Crippen LogP contribution in [-0.2, 0) is 4.79 Å². The summed E-state index contributed by atoms with van der Waals surface area (Å²) in [6.07, 6.45) is 1.67. The summed E-state index contributed by atoms with van der Waals surface area (Å²) in [4.78, 5) is 16.3. The number of halogens is 1. The molecule has 1 aliphatic carbocycles. The van der Waals surface area contributed by atoms with E-state index in [1.807, 2.05) is 6.07 Å². The minimum absolute atomic E-state index is 0.0516. The Morgan fingerprint density at radius 2 is 1.94 bits per heavy atom. The average Bonchev–Trinajstić information content (AvgIpc) is 2.56. The number of anilines is 1. The molecule has 0 aromatic carbocycles. The van der Waals surface area contributed by atoms with Crippen LogP contribution in [0.3, 0.4) is 0 Å². The van der Waals surface area contributed by atoms with Gasteiger partial charge in [0, 0.05) is 16.6 Å². The molecule has 17 heavy (non-hydrogen) atoms. The van der Waals surface area contributed by atoms with Crippen LogP contribution in [0.4, 0.5) is 5.82 Å². The van der Waals surface area contributed by atoms with E-state index in [0.717, 1.165) is 4.47 Å². The van der Waals surface area contributed by atoms with Gasteiger partial charge in [0.05, 0.1) is 0 Å². The van der Waals surface area contributed by atoms with Crippen LogP contribution in [0.5, 0.6) is 0 Å². The second-order valence-corrected chi connectivity index (χ2v) is 6.64. The molecule has 1 fully saturated rings. The second kappa shape index (κ2) is 3.80. The molecule has 0 bridgehead atoms. The van der Waals surface area contributed by atoms with Crippen molar-refractivity contribution in [3.05, 3.63) is 22.8 Å². The van der Waals surface area contributed by atoms with Crippen molar-refractivity contribution in [1.82, 2.24) is 4.98 Å². The normalized spacial score (nSPS) is 21.0. The van der Waals surface area contributed by atoms with Gasteiger partial charge in [0.15, 0.2) is 0 Å². The van der Waals surface area contributed by atoms with Crippen LogP contribution in [0.25, 0.3) is 0 Å². The molecule has 0 radical (unpaired) electrons. The molecule has 1 aromatic rings. The summed E-state index contributed by atoms with van der Waals surface area (Å²) in [6, 6.07) is 3.64. The lowest BCUT2D eigenvalue weighted by Gasteiger charge is -2.05. The fraction of sp³-hybridized carbons (Fsp3) is 0.538. The molecule has 1 aliphatic rings. The van der Waals surface area contributed by atoms with Gasteiger partial charge in [-0.05, 0) is 23.0 Å². The lowest BCUT2D eigenvalue weighted by atomic mass is 10.0. The van der Waals surface area contributed by atoms with E-state index in [-0.39, 0.29) is 22.7 Å². The fourth-order valence-corrected chi connectivity index (χ4v) is 2.86. The van der Waals surface area contributed by atoms with Crippen molar-refractivity contribution in [3.8, 4) is 0 Å². The van der Waals surface area contributed by atoms with Crippen LogP contribution in [0, 0.1) is 16.7 Å². The number of rotatable bonds is 2. The zero-order chi connectivity index (χ0) is 12.8. The average molecular weight is 297 g/mol. The predicted octanol–water partition coefficient (Wildman–Crippen LogP) is 3.46. The smallest absolute Gasteiger partial charge is 0.229 e. The van der Waals surface area contributed by atoms with Gasteiger partial charge in [0.25, 0.3) is 0 Å². The first-order chi connectivity index (χ1) is 7.76. The highest BCUT2D eigenvalue weighted by atomic mass is 79.9. The van der Waals surface area contributed by atoms with E-state index in [2.05, 4.69) is 53.9 Å². The molecule has 1 heterocycles. The van der Waals surface area contributed by atoms with Crippen LogP contribution in [0.1, 0.15) is 27.7 Å². The third-order valence-corrected chi connectivity index (χ3v) is 4.75. The van der Waals surface area contributed by atoms with Gasteiger partial charge < -0.3 is 5.32 Å². The Morgan fingerprint density at radius 3 is 2.41 bits per heavy atom. The molecule has 1 N–H and O–H groups in total. The molecule has 0 unspecified atom stereocenters. The van der Waals surface area contributed by atoms with Crippen molar-refractivity contribution in [1.29, 1.82) is 0 Å². The number of hydrogen-bond donors (Lipinski definition) is 1. The Balaban J connectivity index is 2.10. The highest BCUT2D eigenvalue weighted by Gasteiger charge is 2.68. The van der Waals surface area contributed by atoms with Crippen LogP contribution in [-0.4, -0.2) is 10.9 Å². The summed E-state index contributed by atoms with van der Waals surface area (Å²) in [5, 5.41) is 2.88. The second-order valence-electron chi connectivity index (χ2n) is 5.72. The van der Waals surface area contributed by atoms with Crippen molar-refractivity contribution in [3.63, 3.8) is 0 Å². The maximum Gasteiger partial charge on any atom is 0.229 e. The quantitative estimate of drug-likeness (QED) is 0.908. The summed E-state index contributed by atoms with van der Waals surface area (Å²) >= 11 is 3.36. The van der Waals surface area contributed by atoms with Crippen molar-refractivity contribution in [2.24, 2.45) is 16.7 Å². The Hall–Kier alpha value is -0.900. The number of hydrogen-bond acceptors (Lipinski definition) is 2. The standard InChI is InChI=1S/C13H17BrN2O/c1-12(2)10(13(12,3)4)11(17)16-9-7-8(14)5-6-15-9/h5-7,10H,1-4H3,(H,15,16,17). The van der Waals surface area contributed by atoms with Gasteiger partial charge in [-0.1, -0.05) is 43.6 Å². The highest BCUT2D eigenvalue weighted by Crippen LogP contribution is 2.68. The number of nitrogens with one attached hydrogen (secondary N) is 1. The molecule has 0 saturated heterocycles. The molecular weight excluding hydrogens is 280 g/mol. The van der Waals surface area contributed by atoms with E-state index in [1.165, 1.54) is 0 Å². The van der Waals surface area contributed by atoms with E-state index in [0.29, 0.717) is 5.82 Å². The van der Waals surface area contributed by atoms with Crippen LogP contribution in [0.2, 0.25) is 0 Å². The summed E-state index contributed by atoms with van der Waals surface area (Å²) < 4.78 is 0.914. The summed E-state index contributed by atoms with van der Waals surface area (Å²) in [6.45, 7) is 8.52. The highest BCUT2D eigenvalue weighted by molar-refractivity contribution is 9.10. The first-order valence-corrected chi connectivity index (χ1v) is 6.48. The number of amides is 1. The number of carbonyl (C=O) groups excluding carboxylic acids is 1. The molecule has 1 saturated carbocycles. The van der Waals surface area contributed by atoms with E-state index >= 15 is 0 Å². The Morgan fingerprint density at radius 1 is 1.35 bits per heavy atom. The molecule has 0 atom stereocenters. The maximum atomic E-state index is 12.2. The molecular formula is C13H17BrN2O. The lowest BCUT2D eigenvalue weighted by Crippen LogP contribution is -2.18. The first-order valence-electron chi connectivity index (χ1n) is 5.69. The molecule has 0 aliphatic heterocycles. The monoisotopic (exact) mass is 296 g/mol. The molecule has 0 spiro atoms. The topological polar surface area (TPSA) is 42.0 Å². The zero-order valence-electron chi connectivity index (χ0n) is 10.5. The fourth-order valence-electron chi connectivity index (χ4n) is 2.52. The molecule has 92 valence electrons. The van der Waals surface area contributed by atoms with Gasteiger partial charge in [-0.2, -0.15) is 0 Å². The molecule has 1 amide bonds. The van der Waals surface area contributed by atoms with Gasteiger partial charge >= 0.3 is 0 Å². The Kier molecular flexibility index (Phi) is 2.81. The number of carbonyl (C=O) groups is 1. The van der Waals surface area contributed by atoms with Crippen LogP contribution >= 0.6 is 15.9 Å². The zero-order valence-corrected chi connectivity index (χ0v) is 12.1. The first kappa shape index (κ1) is 12.6. The Labute approximate surface area is 110 Å². The van der Waals surface area contributed by atoms with Gasteiger partial charge in [-0.15, -0.1) is 0 Å². The van der Waals surface area contributed by atoms with Crippen molar-refractivity contribution < 1.29 is 4.79 Å². The Bertz CT molecular complexity index is 454. The molecule has 4 heteroatoms. The van der Waals surface area contributed by atoms with E-state index in [4.69, 9.17) is 0 Å². The summed E-state index contributed by atoms with van der Waals surface area (Å²) in [7, 11) is 0. The molecule has 3 nitrogen and oxygen atoms in total. The number of pyridine rings is 1. The van der Waals surface area contributed by atoms with Gasteiger partial charge in [-0.25, -0.2) is 4.98 Å². The molecule has 1 aromatic heterocycles. The number of nitrogens with zero attached hydrogens (tertiary/aromatic N) is 1. The van der Waals surface area contributed by atoms with E-state index in [9.17, 15) is 4.79 Å². The third kappa shape index (κ3) is 1.99. The number of aromatic nitrogens is 1. The van der Waals surface area contributed by atoms with Gasteiger partial charge in [-0.3, -0.25) is 4.79 Å². The molecule has 2 rings (SSSR count). The van der Waals surface area contributed by atoms with E-state index in [1.54, 1.807) is 12.3 Å².